The Morgan fingerprint density at radius 2 is 2.32 bits per heavy atom. The second-order valence-corrected chi connectivity index (χ2v) is 6.12. The number of aromatic nitrogens is 2. The smallest absolute Gasteiger partial charge is 0.346 e. The lowest BCUT2D eigenvalue weighted by atomic mass is 10.2. The molecule has 2 N–H and O–H groups in total. The van der Waals surface area contributed by atoms with Gasteiger partial charge in [-0.2, -0.15) is 0 Å². The van der Waals surface area contributed by atoms with Gasteiger partial charge in [-0.3, -0.25) is 0 Å². The summed E-state index contributed by atoms with van der Waals surface area (Å²) >= 11 is 1.21. The number of carboxylic acids is 1. The van der Waals surface area contributed by atoms with Gasteiger partial charge < -0.3 is 10.4 Å². The third-order valence-corrected chi connectivity index (χ3v) is 4.92. The Morgan fingerprint density at radius 1 is 1.58 bits per heavy atom. The van der Waals surface area contributed by atoms with Gasteiger partial charge in [-0.05, 0) is 30.7 Å². The Hall–Kier alpha value is -1.69. The quantitative estimate of drug-likeness (QED) is 0.898. The van der Waals surface area contributed by atoms with E-state index in [-0.39, 0.29) is 0 Å². The summed E-state index contributed by atoms with van der Waals surface area (Å²) in [4.78, 5) is 20.7. The Bertz CT molecular complexity index is 653. The molecule has 1 saturated carbocycles. The molecule has 2 aromatic rings. The lowest BCUT2D eigenvalue weighted by molar-refractivity contribution is 0.0701. The van der Waals surface area contributed by atoms with Crippen molar-refractivity contribution in [1.29, 1.82) is 0 Å². The van der Waals surface area contributed by atoms with Gasteiger partial charge in [0, 0.05) is 6.54 Å². The number of aromatic carboxylic acids is 1. The molecule has 1 fully saturated rings. The lowest BCUT2D eigenvalue weighted by Crippen LogP contribution is -2.06. The van der Waals surface area contributed by atoms with Crippen LogP contribution in [0.25, 0.3) is 10.2 Å². The standard InChI is InChI=1S/C13H15N3O2S/c1-6-3-8(6)4-14-11-9-7(2)10(13(17)18)19-12(9)16-5-15-11/h5-6,8H,3-4H2,1-2H3,(H,17,18)(H,14,15,16). The molecule has 19 heavy (non-hydrogen) atoms. The average molecular weight is 277 g/mol. The van der Waals surface area contributed by atoms with E-state index in [9.17, 15) is 4.79 Å². The van der Waals surface area contributed by atoms with Crippen LogP contribution in [0.4, 0.5) is 5.82 Å². The normalized spacial score (nSPS) is 21.6. The number of thiophene rings is 1. The summed E-state index contributed by atoms with van der Waals surface area (Å²) in [5.74, 6) is 1.35. The molecule has 2 unspecified atom stereocenters. The average Bonchev–Trinajstić information content (AvgIpc) is 2.97. The minimum atomic E-state index is -0.901. The van der Waals surface area contributed by atoms with Crippen LogP contribution in [-0.4, -0.2) is 27.6 Å². The van der Waals surface area contributed by atoms with Gasteiger partial charge in [0.25, 0.3) is 0 Å². The minimum Gasteiger partial charge on any atom is -0.477 e. The molecule has 2 atom stereocenters. The zero-order valence-corrected chi connectivity index (χ0v) is 11.6. The molecule has 0 saturated heterocycles. The predicted molar refractivity (Wildman–Crippen MR) is 74.9 cm³/mol. The van der Waals surface area contributed by atoms with Gasteiger partial charge in [0.15, 0.2) is 0 Å². The first-order chi connectivity index (χ1) is 9.08. The van der Waals surface area contributed by atoms with Crippen molar-refractivity contribution < 1.29 is 9.90 Å². The zero-order valence-electron chi connectivity index (χ0n) is 10.8. The molecule has 0 amide bonds. The number of anilines is 1. The molecule has 0 aliphatic heterocycles. The Balaban J connectivity index is 1.97. The molecule has 0 radical (unpaired) electrons. The monoisotopic (exact) mass is 277 g/mol. The van der Waals surface area contributed by atoms with Crippen molar-refractivity contribution in [1.82, 2.24) is 9.97 Å². The lowest BCUT2D eigenvalue weighted by Gasteiger charge is -2.06. The molecule has 0 bridgehead atoms. The van der Waals surface area contributed by atoms with Crippen LogP contribution in [0.5, 0.6) is 0 Å². The molecule has 6 heteroatoms. The van der Waals surface area contributed by atoms with E-state index < -0.39 is 5.97 Å². The highest BCUT2D eigenvalue weighted by Gasteiger charge is 2.32. The number of nitrogens with one attached hydrogen (secondary N) is 1. The molecule has 0 aromatic carbocycles. The number of rotatable bonds is 4. The molecular formula is C13H15N3O2S. The summed E-state index contributed by atoms with van der Waals surface area (Å²) in [7, 11) is 0. The van der Waals surface area contributed by atoms with E-state index in [0.717, 1.165) is 34.1 Å². The summed E-state index contributed by atoms with van der Waals surface area (Å²) < 4.78 is 0. The molecule has 3 rings (SSSR count). The van der Waals surface area contributed by atoms with Crippen LogP contribution in [0.3, 0.4) is 0 Å². The van der Waals surface area contributed by atoms with E-state index in [1.807, 2.05) is 6.92 Å². The first kappa shape index (κ1) is 12.3. The summed E-state index contributed by atoms with van der Waals surface area (Å²) in [6.45, 7) is 4.95. The summed E-state index contributed by atoms with van der Waals surface area (Å²) in [5, 5.41) is 13.3. The van der Waals surface area contributed by atoms with Gasteiger partial charge in [-0.15, -0.1) is 11.3 Å². The fourth-order valence-electron chi connectivity index (χ4n) is 2.32. The van der Waals surface area contributed by atoms with Crippen LogP contribution in [0.15, 0.2) is 6.33 Å². The van der Waals surface area contributed by atoms with Crippen LogP contribution in [0.2, 0.25) is 0 Å². The fourth-order valence-corrected chi connectivity index (χ4v) is 3.31. The molecule has 1 aliphatic rings. The Kier molecular flexibility index (Phi) is 2.89. The minimum absolute atomic E-state index is 0.346. The zero-order chi connectivity index (χ0) is 13.6. The number of carbonyl (C=O) groups is 1. The van der Waals surface area contributed by atoms with Crippen LogP contribution in [0.1, 0.15) is 28.6 Å². The largest absolute Gasteiger partial charge is 0.477 e. The maximum absolute atomic E-state index is 11.2. The number of nitrogens with zero attached hydrogens (tertiary/aromatic N) is 2. The predicted octanol–water partition coefficient (Wildman–Crippen LogP) is 2.77. The number of hydrogen-bond acceptors (Lipinski definition) is 5. The van der Waals surface area contributed by atoms with Crippen molar-refractivity contribution in [3.05, 3.63) is 16.8 Å². The molecule has 1 aliphatic carbocycles. The van der Waals surface area contributed by atoms with Gasteiger partial charge in [0.05, 0.1) is 5.39 Å². The molecule has 2 aromatic heterocycles. The Morgan fingerprint density at radius 3 is 2.95 bits per heavy atom. The molecular weight excluding hydrogens is 262 g/mol. The van der Waals surface area contributed by atoms with Crippen molar-refractivity contribution in [2.75, 3.05) is 11.9 Å². The first-order valence-electron chi connectivity index (χ1n) is 6.29. The Labute approximate surface area is 114 Å². The third-order valence-electron chi connectivity index (χ3n) is 3.73. The van der Waals surface area contributed by atoms with E-state index in [4.69, 9.17) is 5.11 Å². The van der Waals surface area contributed by atoms with Crippen LogP contribution in [-0.2, 0) is 0 Å². The van der Waals surface area contributed by atoms with Crippen LogP contribution >= 0.6 is 11.3 Å². The summed E-state index contributed by atoms with van der Waals surface area (Å²) in [6.07, 6.45) is 2.74. The fraction of sp³-hybridized carbons (Fsp3) is 0.462. The second kappa shape index (κ2) is 4.45. The van der Waals surface area contributed by atoms with Crippen LogP contribution < -0.4 is 5.32 Å². The number of hydrogen-bond donors (Lipinski definition) is 2. The van der Waals surface area contributed by atoms with Crippen LogP contribution in [0, 0.1) is 18.8 Å². The third kappa shape index (κ3) is 2.16. The van der Waals surface area contributed by atoms with Gasteiger partial charge in [0.2, 0.25) is 0 Å². The molecule has 0 spiro atoms. The topological polar surface area (TPSA) is 75.1 Å². The van der Waals surface area contributed by atoms with Gasteiger partial charge in [0.1, 0.15) is 21.9 Å². The highest BCUT2D eigenvalue weighted by atomic mass is 32.1. The summed E-state index contributed by atoms with van der Waals surface area (Å²) in [6, 6.07) is 0. The SMILES string of the molecule is Cc1c(C(=O)O)sc2ncnc(NCC3CC3C)c12. The van der Waals surface area contributed by atoms with E-state index in [2.05, 4.69) is 22.2 Å². The first-order valence-corrected chi connectivity index (χ1v) is 7.11. The molecule has 100 valence electrons. The second-order valence-electron chi connectivity index (χ2n) is 5.12. The van der Waals surface area contributed by atoms with Gasteiger partial charge >= 0.3 is 5.97 Å². The number of fused-ring (bicyclic) bond motifs is 1. The summed E-state index contributed by atoms with van der Waals surface area (Å²) in [5.41, 5.74) is 0.749. The molecule has 2 heterocycles. The van der Waals surface area contributed by atoms with E-state index >= 15 is 0 Å². The van der Waals surface area contributed by atoms with Gasteiger partial charge in [-0.25, -0.2) is 14.8 Å². The van der Waals surface area contributed by atoms with E-state index in [1.165, 1.54) is 24.1 Å². The van der Waals surface area contributed by atoms with Crippen molar-refractivity contribution in [3.63, 3.8) is 0 Å². The maximum Gasteiger partial charge on any atom is 0.346 e. The van der Waals surface area contributed by atoms with Crippen molar-refractivity contribution in [3.8, 4) is 0 Å². The highest BCUT2D eigenvalue weighted by molar-refractivity contribution is 7.20. The highest BCUT2D eigenvalue weighted by Crippen LogP contribution is 2.38. The maximum atomic E-state index is 11.2. The van der Waals surface area contributed by atoms with E-state index in [1.54, 1.807) is 0 Å². The van der Waals surface area contributed by atoms with Crippen molar-refractivity contribution in [2.45, 2.75) is 20.3 Å². The number of carboxylic acid groups (broad SMARTS) is 1. The van der Waals surface area contributed by atoms with Crippen molar-refractivity contribution in [2.24, 2.45) is 11.8 Å². The number of aryl methyl sites for hydroxylation is 1. The van der Waals surface area contributed by atoms with E-state index in [0.29, 0.717) is 10.8 Å². The van der Waals surface area contributed by atoms with Gasteiger partial charge in [-0.1, -0.05) is 6.92 Å². The molecule has 5 nitrogen and oxygen atoms in total. The van der Waals surface area contributed by atoms with Crippen molar-refractivity contribution >= 4 is 33.3 Å².